The van der Waals surface area contributed by atoms with Crippen LogP contribution in [0.2, 0.25) is 0 Å². The Hall–Kier alpha value is -5.64. The van der Waals surface area contributed by atoms with Gasteiger partial charge in [-0.1, -0.05) is 72.8 Å². The van der Waals surface area contributed by atoms with Crippen molar-refractivity contribution in [1.29, 1.82) is 10.8 Å². The number of nitrogens with zero attached hydrogens (tertiary/aromatic N) is 4. The Kier molecular flexibility index (Phi) is 9.87. The van der Waals surface area contributed by atoms with E-state index in [2.05, 4.69) is 10.6 Å². The van der Waals surface area contributed by atoms with Gasteiger partial charge in [0.1, 0.15) is 0 Å². The summed E-state index contributed by atoms with van der Waals surface area (Å²) in [6, 6.07) is 35.4. The summed E-state index contributed by atoms with van der Waals surface area (Å²) in [4.78, 5) is 13.5. The molecule has 0 aliphatic heterocycles. The highest BCUT2D eigenvalue weighted by atomic mass is 15.3. The topological polar surface area (TPSA) is 155 Å². The smallest absolute Gasteiger partial charge is 0.210 e. The van der Waals surface area contributed by atoms with E-state index in [0.717, 1.165) is 33.9 Å². The quantitative estimate of drug-likeness (QED) is 0.107. The first kappa shape index (κ1) is 29.3. The van der Waals surface area contributed by atoms with E-state index in [-0.39, 0.29) is 25.0 Å². The molecule has 0 saturated heterocycles. The van der Waals surface area contributed by atoms with Crippen molar-refractivity contribution in [2.24, 2.45) is 21.5 Å². The molecule has 0 saturated carbocycles. The van der Waals surface area contributed by atoms with Gasteiger partial charge in [-0.2, -0.15) is 0 Å². The van der Waals surface area contributed by atoms with Crippen LogP contribution in [0.25, 0.3) is 0 Å². The van der Waals surface area contributed by atoms with E-state index < -0.39 is 0 Å². The fourth-order valence-corrected chi connectivity index (χ4v) is 4.42. The van der Waals surface area contributed by atoms with Gasteiger partial charge in [0, 0.05) is 11.4 Å². The predicted octanol–water partition coefficient (Wildman–Crippen LogP) is 4.96. The standard InChI is InChI=1S/C32H36N10/c1-23-13-9-11-19-27(23)41(25-15-5-3-6-16-25)31(39-29(33)34)37-21-22-38-32(40-30(35)36)42(26-17-7-4-8-18-26)28-20-12-10-14-24(28)2/h3-20H,21-22H2,1-2H3,(H4,33,34,37,39)(H4,35,36,38,40). The molecule has 0 spiro atoms. The largest absolute Gasteiger partial charge is 0.370 e. The monoisotopic (exact) mass is 560 g/mol. The van der Waals surface area contributed by atoms with Crippen molar-refractivity contribution < 1.29 is 0 Å². The lowest BCUT2D eigenvalue weighted by atomic mass is 10.1. The Balaban J connectivity index is 1.72. The van der Waals surface area contributed by atoms with Gasteiger partial charge in [-0.05, 0) is 61.4 Å². The van der Waals surface area contributed by atoms with Crippen LogP contribution in [0, 0.1) is 24.7 Å². The van der Waals surface area contributed by atoms with Crippen molar-refractivity contribution in [3.63, 3.8) is 0 Å². The maximum absolute atomic E-state index is 7.97. The maximum atomic E-state index is 7.97. The number of nitrogens with two attached hydrogens (primary N) is 2. The summed E-state index contributed by atoms with van der Waals surface area (Å²) in [6.07, 6.45) is 0. The molecule has 0 amide bonds. The highest BCUT2D eigenvalue weighted by Gasteiger charge is 2.20. The van der Waals surface area contributed by atoms with Crippen molar-refractivity contribution in [2.45, 2.75) is 13.8 Å². The third kappa shape index (κ3) is 7.51. The zero-order valence-corrected chi connectivity index (χ0v) is 23.8. The number of nitrogens with one attached hydrogen (secondary N) is 4. The first-order valence-corrected chi connectivity index (χ1v) is 13.5. The number of anilines is 4. The number of aryl methyl sites for hydroxylation is 2. The van der Waals surface area contributed by atoms with Gasteiger partial charge in [-0.25, -0.2) is 0 Å². The van der Waals surface area contributed by atoms with E-state index in [9.17, 15) is 0 Å². The van der Waals surface area contributed by atoms with Crippen molar-refractivity contribution in [2.75, 3.05) is 22.9 Å². The van der Waals surface area contributed by atoms with Crippen LogP contribution in [0.4, 0.5) is 22.7 Å². The molecular formula is C32H36N10. The third-order valence-electron chi connectivity index (χ3n) is 6.28. The number of aliphatic imine (C=N–C) groups is 2. The summed E-state index contributed by atoms with van der Waals surface area (Å²) >= 11 is 0. The van der Waals surface area contributed by atoms with Crippen molar-refractivity contribution in [3.8, 4) is 0 Å². The van der Waals surface area contributed by atoms with Crippen LogP contribution >= 0.6 is 0 Å². The fraction of sp³-hybridized carbons (Fsp3) is 0.125. The molecule has 0 aliphatic rings. The van der Waals surface area contributed by atoms with Crippen LogP contribution in [-0.2, 0) is 0 Å². The molecule has 42 heavy (non-hydrogen) atoms. The van der Waals surface area contributed by atoms with Gasteiger partial charge < -0.3 is 11.5 Å². The SMILES string of the molecule is Cc1ccccc1N(C(=NCCN=C(NC(=N)N)N(c1ccccc1)c1ccccc1C)NC(=N)N)c1ccccc1. The zero-order chi connectivity index (χ0) is 29.9. The molecule has 0 atom stereocenters. The first-order valence-electron chi connectivity index (χ1n) is 13.5. The molecule has 0 unspecified atom stereocenters. The van der Waals surface area contributed by atoms with E-state index in [1.807, 2.05) is 133 Å². The second-order valence-corrected chi connectivity index (χ2v) is 9.40. The number of hydrogen-bond donors (Lipinski definition) is 6. The zero-order valence-electron chi connectivity index (χ0n) is 23.8. The second-order valence-electron chi connectivity index (χ2n) is 9.40. The van der Waals surface area contributed by atoms with E-state index in [1.165, 1.54) is 0 Å². The highest BCUT2D eigenvalue weighted by Crippen LogP contribution is 2.29. The number of guanidine groups is 4. The number of rotatable bonds is 7. The number of benzene rings is 4. The molecule has 4 rings (SSSR count). The van der Waals surface area contributed by atoms with Gasteiger partial charge in [-0.3, -0.25) is 41.2 Å². The van der Waals surface area contributed by atoms with Crippen molar-refractivity contribution >= 4 is 46.6 Å². The lowest BCUT2D eigenvalue weighted by Gasteiger charge is -2.28. The molecule has 0 fully saturated rings. The van der Waals surface area contributed by atoms with Gasteiger partial charge in [0.25, 0.3) is 0 Å². The summed E-state index contributed by atoms with van der Waals surface area (Å²) in [5.41, 5.74) is 17.2. The Bertz CT molecular complexity index is 1450. The van der Waals surface area contributed by atoms with E-state index >= 15 is 0 Å². The Morgan fingerprint density at radius 2 is 0.905 bits per heavy atom. The van der Waals surface area contributed by atoms with Gasteiger partial charge in [0.15, 0.2) is 11.9 Å². The third-order valence-corrected chi connectivity index (χ3v) is 6.28. The van der Waals surface area contributed by atoms with Crippen molar-refractivity contribution in [3.05, 3.63) is 120 Å². The minimum Gasteiger partial charge on any atom is -0.370 e. The Morgan fingerprint density at radius 1 is 0.571 bits per heavy atom. The van der Waals surface area contributed by atoms with Crippen LogP contribution in [0.15, 0.2) is 119 Å². The molecule has 4 aromatic carbocycles. The average molecular weight is 561 g/mol. The summed E-state index contributed by atoms with van der Waals surface area (Å²) in [6.45, 7) is 4.55. The normalized spacial score (nSPS) is 11.5. The fourth-order valence-electron chi connectivity index (χ4n) is 4.42. The lowest BCUT2D eigenvalue weighted by Crippen LogP contribution is -2.46. The van der Waals surface area contributed by atoms with Crippen LogP contribution in [-0.4, -0.2) is 36.9 Å². The first-order chi connectivity index (χ1) is 20.3. The molecule has 214 valence electrons. The molecule has 8 N–H and O–H groups in total. The van der Waals surface area contributed by atoms with E-state index in [1.54, 1.807) is 0 Å². The van der Waals surface area contributed by atoms with Gasteiger partial charge in [0.05, 0.1) is 24.5 Å². The van der Waals surface area contributed by atoms with Gasteiger partial charge >= 0.3 is 0 Å². The van der Waals surface area contributed by atoms with Crippen LogP contribution in [0.5, 0.6) is 0 Å². The van der Waals surface area contributed by atoms with Crippen LogP contribution < -0.4 is 31.9 Å². The lowest BCUT2D eigenvalue weighted by molar-refractivity contribution is 0.942. The molecule has 4 aromatic rings. The van der Waals surface area contributed by atoms with Crippen LogP contribution in [0.3, 0.4) is 0 Å². The van der Waals surface area contributed by atoms with E-state index in [0.29, 0.717) is 11.9 Å². The van der Waals surface area contributed by atoms with Crippen LogP contribution in [0.1, 0.15) is 11.1 Å². The summed E-state index contributed by atoms with van der Waals surface area (Å²) in [5, 5.41) is 21.8. The summed E-state index contributed by atoms with van der Waals surface area (Å²) in [5.74, 6) is 0.303. The maximum Gasteiger partial charge on any atom is 0.210 e. The minimum absolute atomic E-state index is 0.236. The molecule has 10 nitrogen and oxygen atoms in total. The summed E-state index contributed by atoms with van der Waals surface area (Å²) in [7, 11) is 0. The van der Waals surface area contributed by atoms with Gasteiger partial charge in [0.2, 0.25) is 11.9 Å². The van der Waals surface area contributed by atoms with Gasteiger partial charge in [-0.15, -0.1) is 0 Å². The molecule has 0 aliphatic carbocycles. The van der Waals surface area contributed by atoms with E-state index in [4.69, 9.17) is 32.3 Å². The predicted molar refractivity (Wildman–Crippen MR) is 174 cm³/mol. The molecule has 0 bridgehead atoms. The second kappa shape index (κ2) is 14.1. The molecule has 0 radical (unpaired) electrons. The minimum atomic E-state index is -0.236. The Morgan fingerprint density at radius 3 is 1.24 bits per heavy atom. The summed E-state index contributed by atoms with van der Waals surface area (Å²) < 4.78 is 0. The average Bonchev–Trinajstić information content (AvgIpc) is 2.98. The Labute approximate surface area is 246 Å². The van der Waals surface area contributed by atoms with Crippen molar-refractivity contribution in [1.82, 2.24) is 10.6 Å². The molecular weight excluding hydrogens is 524 g/mol. The molecule has 0 aromatic heterocycles. The molecule has 0 heterocycles. The number of hydrogen-bond acceptors (Lipinski definition) is 4. The molecule has 10 heteroatoms. The number of para-hydroxylation sites is 4. The highest BCUT2D eigenvalue weighted by molar-refractivity contribution is 6.11.